The largest absolute Gasteiger partial charge is 0.478 e. The SMILES string of the molecule is CC(=O)OCOc1cc2oc3c(C)c(=O)c(F)cc-3c(-c3ccc(C(=O)O)cc3C)c2cc1F. The zero-order chi connectivity index (χ0) is 24.7. The summed E-state index contributed by atoms with van der Waals surface area (Å²) in [6.45, 7) is 3.73. The van der Waals surface area contributed by atoms with Gasteiger partial charge >= 0.3 is 11.9 Å². The predicted octanol–water partition coefficient (Wildman–Crippen LogP) is 5.06. The lowest BCUT2D eigenvalue weighted by molar-refractivity contribution is -0.147. The van der Waals surface area contributed by atoms with Crippen molar-refractivity contribution < 1.29 is 37.4 Å². The summed E-state index contributed by atoms with van der Waals surface area (Å²) in [7, 11) is 0. The molecule has 2 aliphatic rings. The van der Waals surface area contributed by atoms with Crippen molar-refractivity contribution in [2.24, 2.45) is 0 Å². The Morgan fingerprint density at radius 1 is 1.03 bits per heavy atom. The number of ether oxygens (including phenoxy) is 2. The molecule has 1 heterocycles. The fourth-order valence-corrected chi connectivity index (χ4v) is 3.78. The maximum absolute atomic E-state index is 14.9. The van der Waals surface area contributed by atoms with Gasteiger partial charge in [-0.1, -0.05) is 6.07 Å². The molecule has 0 bridgehead atoms. The third kappa shape index (κ3) is 3.96. The normalized spacial score (nSPS) is 11.1. The number of halogens is 2. The van der Waals surface area contributed by atoms with Crippen molar-refractivity contribution in [1.82, 2.24) is 0 Å². The van der Waals surface area contributed by atoms with Gasteiger partial charge in [-0.15, -0.1) is 0 Å². The number of hydrogen-bond donors (Lipinski definition) is 1. The van der Waals surface area contributed by atoms with Crippen LogP contribution >= 0.6 is 0 Å². The molecule has 0 saturated carbocycles. The van der Waals surface area contributed by atoms with Crippen LogP contribution in [0.25, 0.3) is 33.4 Å². The molecule has 0 aromatic heterocycles. The molecule has 4 rings (SSSR count). The van der Waals surface area contributed by atoms with E-state index in [0.29, 0.717) is 16.7 Å². The van der Waals surface area contributed by atoms with Crippen molar-refractivity contribution in [2.45, 2.75) is 20.8 Å². The topological polar surface area (TPSA) is 103 Å². The second kappa shape index (κ2) is 8.58. The highest BCUT2D eigenvalue weighted by atomic mass is 19.1. The number of aryl methyl sites for hydroxylation is 1. The number of rotatable bonds is 5. The van der Waals surface area contributed by atoms with Crippen molar-refractivity contribution in [3.8, 4) is 28.2 Å². The van der Waals surface area contributed by atoms with E-state index in [-0.39, 0.29) is 39.2 Å². The van der Waals surface area contributed by atoms with Crippen molar-refractivity contribution >= 4 is 22.9 Å². The summed E-state index contributed by atoms with van der Waals surface area (Å²) in [5.41, 5.74) is 0.969. The number of esters is 1. The number of carbonyl (C=O) groups is 2. The van der Waals surface area contributed by atoms with E-state index < -0.39 is 35.8 Å². The Kier molecular flexibility index (Phi) is 5.78. The third-order valence-electron chi connectivity index (χ3n) is 5.42. The summed E-state index contributed by atoms with van der Waals surface area (Å²) >= 11 is 0. The molecule has 0 unspecified atom stereocenters. The first-order valence-corrected chi connectivity index (χ1v) is 10.1. The molecular weight excluding hydrogens is 450 g/mol. The summed E-state index contributed by atoms with van der Waals surface area (Å²) in [6.07, 6.45) is 0. The van der Waals surface area contributed by atoms with Gasteiger partial charge < -0.3 is 19.0 Å². The highest BCUT2D eigenvalue weighted by Crippen LogP contribution is 2.43. The fourth-order valence-electron chi connectivity index (χ4n) is 3.78. The molecule has 2 aromatic carbocycles. The van der Waals surface area contributed by atoms with E-state index in [2.05, 4.69) is 4.74 Å². The number of benzene rings is 3. The Morgan fingerprint density at radius 2 is 1.76 bits per heavy atom. The number of carboxylic acid groups (broad SMARTS) is 1. The minimum absolute atomic E-state index is 0.0182. The molecule has 1 N–H and O–H groups in total. The summed E-state index contributed by atoms with van der Waals surface area (Å²) < 4.78 is 45.1. The van der Waals surface area contributed by atoms with Gasteiger partial charge in [0.15, 0.2) is 17.4 Å². The Balaban J connectivity index is 2.05. The molecule has 1 aliphatic heterocycles. The zero-order valence-electron chi connectivity index (χ0n) is 18.3. The molecule has 9 heteroatoms. The van der Waals surface area contributed by atoms with Crippen LogP contribution in [0.1, 0.15) is 28.4 Å². The van der Waals surface area contributed by atoms with Gasteiger partial charge in [-0.2, -0.15) is 0 Å². The molecule has 0 spiro atoms. The van der Waals surface area contributed by atoms with Gasteiger partial charge in [0.2, 0.25) is 12.2 Å². The molecule has 0 saturated heterocycles. The van der Waals surface area contributed by atoms with Crippen molar-refractivity contribution in [2.75, 3.05) is 6.79 Å². The molecule has 1 aliphatic carbocycles. The van der Waals surface area contributed by atoms with Crippen LogP contribution in [0.3, 0.4) is 0 Å². The van der Waals surface area contributed by atoms with Crippen LogP contribution in [0.5, 0.6) is 5.75 Å². The quantitative estimate of drug-likeness (QED) is 0.248. The van der Waals surface area contributed by atoms with Crippen molar-refractivity contribution in [1.29, 1.82) is 0 Å². The van der Waals surface area contributed by atoms with E-state index in [1.165, 1.54) is 38.1 Å². The smallest absolute Gasteiger partial charge is 0.335 e. The standard InChI is InChI=1S/C25H18F2O7/c1-11-6-14(25(30)31)4-5-15(11)22-16-7-18(26)21(33-10-32-13(3)28)9-20(16)34-24-12(2)23(29)19(27)8-17(22)24/h4-9H,10H2,1-3H3,(H,30,31). The van der Waals surface area contributed by atoms with Crippen LogP contribution in [0.2, 0.25) is 0 Å². The number of carboxylic acids is 1. The fraction of sp³-hybridized carbons (Fsp3) is 0.160. The van der Waals surface area contributed by atoms with E-state index in [1.54, 1.807) is 6.92 Å². The van der Waals surface area contributed by atoms with E-state index in [4.69, 9.17) is 9.15 Å². The first kappa shape index (κ1) is 22.9. The highest BCUT2D eigenvalue weighted by molar-refractivity contribution is 6.03. The van der Waals surface area contributed by atoms with Gasteiger partial charge in [0.1, 0.15) is 11.3 Å². The van der Waals surface area contributed by atoms with Crippen molar-refractivity contribution in [3.05, 3.63) is 74.9 Å². The lowest BCUT2D eigenvalue weighted by Gasteiger charge is -2.19. The van der Waals surface area contributed by atoms with Gasteiger partial charge in [-0.25, -0.2) is 13.6 Å². The molecule has 174 valence electrons. The number of carbonyl (C=O) groups excluding carboxylic acids is 1. The minimum Gasteiger partial charge on any atom is -0.478 e. The van der Waals surface area contributed by atoms with Gasteiger partial charge in [-0.3, -0.25) is 9.59 Å². The lowest BCUT2D eigenvalue weighted by atomic mass is 9.89. The molecule has 0 radical (unpaired) electrons. The van der Waals surface area contributed by atoms with Gasteiger partial charge in [-0.05, 0) is 49.2 Å². The molecular formula is C25H18F2O7. The minimum atomic E-state index is -1.12. The Hall–Kier alpha value is -4.27. The van der Waals surface area contributed by atoms with Crippen LogP contribution in [0.4, 0.5) is 8.78 Å². The monoisotopic (exact) mass is 468 g/mol. The summed E-state index contributed by atoms with van der Waals surface area (Å²) in [5, 5.41) is 9.54. The van der Waals surface area contributed by atoms with E-state index in [9.17, 15) is 28.3 Å². The molecule has 0 fully saturated rings. The number of hydrogen-bond acceptors (Lipinski definition) is 6. The molecule has 0 amide bonds. The molecule has 7 nitrogen and oxygen atoms in total. The van der Waals surface area contributed by atoms with Crippen LogP contribution in [0.15, 0.2) is 45.6 Å². The molecule has 0 atom stereocenters. The second-order valence-electron chi connectivity index (χ2n) is 7.68. The Labute approximate surface area is 191 Å². The predicted molar refractivity (Wildman–Crippen MR) is 118 cm³/mol. The van der Waals surface area contributed by atoms with Gasteiger partial charge in [0.25, 0.3) is 0 Å². The first-order chi connectivity index (χ1) is 16.1. The van der Waals surface area contributed by atoms with Crippen LogP contribution in [-0.4, -0.2) is 23.8 Å². The summed E-state index contributed by atoms with van der Waals surface area (Å²) in [6, 6.07) is 7.75. The molecule has 34 heavy (non-hydrogen) atoms. The average molecular weight is 468 g/mol. The van der Waals surface area contributed by atoms with E-state index >= 15 is 0 Å². The van der Waals surface area contributed by atoms with Gasteiger partial charge in [0, 0.05) is 35.1 Å². The van der Waals surface area contributed by atoms with E-state index in [0.717, 1.165) is 12.1 Å². The molecule has 2 aromatic rings. The van der Waals surface area contributed by atoms with E-state index in [1.807, 2.05) is 0 Å². The zero-order valence-corrected chi connectivity index (χ0v) is 18.3. The van der Waals surface area contributed by atoms with Crippen LogP contribution in [-0.2, 0) is 9.53 Å². The van der Waals surface area contributed by atoms with Crippen LogP contribution in [0, 0.1) is 25.5 Å². The van der Waals surface area contributed by atoms with Gasteiger partial charge in [0.05, 0.1) is 5.56 Å². The number of fused-ring (bicyclic) bond motifs is 2. The lowest BCUT2D eigenvalue weighted by Crippen LogP contribution is -2.13. The third-order valence-corrected chi connectivity index (χ3v) is 5.42. The Morgan fingerprint density at radius 3 is 2.41 bits per heavy atom. The van der Waals surface area contributed by atoms with Crippen LogP contribution < -0.4 is 10.2 Å². The number of aromatic carboxylic acids is 1. The second-order valence-corrected chi connectivity index (χ2v) is 7.68. The maximum Gasteiger partial charge on any atom is 0.335 e. The van der Waals surface area contributed by atoms with Crippen molar-refractivity contribution in [3.63, 3.8) is 0 Å². The highest BCUT2D eigenvalue weighted by Gasteiger charge is 2.25. The average Bonchev–Trinajstić information content (AvgIpc) is 2.77. The Bertz CT molecular complexity index is 1500. The summed E-state index contributed by atoms with van der Waals surface area (Å²) in [5.74, 6) is -3.70. The first-order valence-electron chi connectivity index (χ1n) is 10.1. The summed E-state index contributed by atoms with van der Waals surface area (Å²) in [4.78, 5) is 34.6. The maximum atomic E-state index is 14.9.